The predicted molar refractivity (Wildman–Crippen MR) is 123 cm³/mol. The summed E-state index contributed by atoms with van der Waals surface area (Å²) < 4.78 is 5.19. The minimum absolute atomic E-state index is 0.170. The Morgan fingerprint density at radius 3 is 2.45 bits per heavy atom. The molecule has 1 aromatic heterocycles. The quantitative estimate of drug-likeness (QED) is 0.768. The Morgan fingerprint density at radius 1 is 1.06 bits per heavy atom. The molecule has 4 rings (SSSR count). The summed E-state index contributed by atoms with van der Waals surface area (Å²) >= 11 is 0. The zero-order chi connectivity index (χ0) is 21.6. The molecule has 7 heteroatoms. The largest absolute Gasteiger partial charge is 0.497 e. The summed E-state index contributed by atoms with van der Waals surface area (Å²) in [6.45, 7) is 5.01. The van der Waals surface area contributed by atoms with Gasteiger partial charge in [0.25, 0.3) is 0 Å². The lowest BCUT2D eigenvalue weighted by molar-refractivity contribution is -0.130. The number of anilines is 2. The van der Waals surface area contributed by atoms with Crippen LogP contribution in [0.2, 0.25) is 0 Å². The van der Waals surface area contributed by atoms with Crippen LogP contribution in [0.5, 0.6) is 5.75 Å². The molecule has 7 nitrogen and oxygen atoms in total. The van der Waals surface area contributed by atoms with E-state index < -0.39 is 0 Å². The average Bonchev–Trinajstić information content (AvgIpc) is 2.80. The molecule has 31 heavy (non-hydrogen) atoms. The summed E-state index contributed by atoms with van der Waals surface area (Å²) in [5.41, 5.74) is 1.99. The highest BCUT2D eigenvalue weighted by Crippen LogP contribution is 2.22. The molecule has 0 unspecified atom stereocenters. The van der Waals surface area contributed by atoms with Crippen LogP contribution < -0.4 is 15.0 Å². The van der Waals surface area contributed by atoms with Crippen molar-refractivity contribution < 1.29 is 9.53 Å². The van der Waals surface area contributed by atoms with Crippen LogP contribution in [-0.4, -0.2) is 60.1 Å². The van der Waals surface area contributed by atoms with Crippen molar-refractivity contribution in [1.29, 1.82) is 0 Å². The maximum absolute atomic E-state index is 12.7. The van der Waals surface area contributed by atoms with E-state index in [9.17, 15) is 4.79 Å². The first-order valence-corrected chi connectivity index (χ1v) is 11.4. The summed E-state index contributed by atoms with van der Waals surface area (Å²) in [6.07, 6.45) is 6.71. The molecule has 0 atom stereocenters. The highest BCUT2D eigenvalue weighted by Gasteiger charge is 2.23. The van der Waals surface area contributed by atoms with Gasteiger partial charge in [-0.25, -0.2) is 4.98 Å². The summed E-state index contributed by atoms with van der Waals surface area (Å²) in [5, 5.41) is 3.54. The van der Waals surface area contributed by atoms with E-state index >= 15 is 0 Å². The van der Waals surface area contributed by atoms with E-state index in [1.165, 1.54) is 32.1 Å². The van der Waals surface area contributed by atoms with Gasteiger partial charge in [0.15, 0.2) is 0 Å². The number of hydrogen-bond donors (Lipinski definition) is 1. The van der Waals surface area contributed by atoms with Gasteiger partial charge in [0.2, 0.25) is 11.9 Å². The molecule has 166 valence electrons. The Balaban J connectivity index is 1.32. The average molecular weight is 424 g/mol. The van der Waals surface area contributed by atoms with Crippen molar-refractivity contribution in [2.75, 3.05) is 43.5 Å². The van der Waals surface area contributed by atoms with Crippen LogP contribution in [0.1, 0.15) is 43.4 Å². The first-order chi connectivity index (χ1) is 15.1. The standard InChI is InChI=1S/C24H33N5O2/c1-18-16-22(27-24(25-18)26-20-6-4-3-5-7-20)28-12-14-29(15-13-28)23(30)17-19-8-10-21(31-2)11-9-19/h8-11,16,20H,3-7,12-15,17H2,1-2H3,(H,25,26,27). The lowest BCUT2D eigenvalue weighted by Crippen LogP contribution is -2.49. The van der Waals surface area contributed by atoms with Crippen molar-refractivity contribution in [1.82, 2.24) is 14.9 Å². The lowest BCUT2D eigenvalue weighted by atomic mass is 9.96. The SMILES string of the molecule is COc1ccc(CC(=O)N2CCN(c3cc(C)nc(NC4CCCCC4)n3)CC2)cc1. The Hall–Kier alpha value is -2.83. The minimum atomic E-state index is 0.170. The van der Waals surface area contributed by atoms with E-state index in [1.54, 1.807) is 7.11 Å². The van der Waals surface area contributed by atoms with Crippen LogP contribution in [0.3, 0.4) is 0 Å². The van der Waals surface area contributed by atoms with E-state index in [0.717, 1.165) is 41.9 Å². The van der Waals surface area contributed by atoms with Gasteiger partial charge < -0.3 is 19.9 Å². The lowest BCUT2D eigenvalue weighted by Gasteiger charge is -2.35. The van der Waals surface area contributed by atoms with E-state index in [4.69, 9.17) is 9.72 Å². The normalized spacial score (nSPS) is 17.5. The molecule has 1 amide bonds. The van der Waals surface area contributed by atoms with Gasteiger partial charge in [-0.05, 0) is 37.5 Å². The molecule has 1 saturated heterocycles. The van der Waals surface area contributed by atoms with Crippen molar-refractivity contribution >= 4 is 17.7 Å². The Bertz CT molecular complexity index is 872. The maximum atomic E-state index is 12.7. The van der Waals surface area contributed by atoms with Crippen LogP contribution >= 0.6 is 0 Å². The molecule has 2 heterocycles. The van der Waals surface area contributed by atoms with Crippen molar-refractivity contribution in [2.45, 2.75) is 51.5 Å². The van der Waals surface area contributed by atoms with Crippen LogP contribution in [-0.2, 0) is 11.2 Å². The predicted octanol–water partition coefficient (Wildman–Crippen LogP) is 3.43. The Labute approximate surface area is 184 Å². The molecule has 0 radical (unpaired) electrons. The van der Waals surface area contributed by atoms with Gasteiger partial charge >= 0.3 is 0 Å². The third-order valence-electron chi connectivity index (χ3n) is 6.25. The van der Waals surface area contributed by atoms with Crippen LogP contribution in [0.25, 0.3) is 0 Å². The number of carbonyl (C=O) groups is 1. The molecular formula is C24H33N5O2. The maximum Gasteiger partial charge on any atom is 0.227 e. The van der Waals surface area contributed by atoms with Gasteiger partial charge in [0.1, 0.15) is 11.6 Å². The molecule has 0 bridgehead atoms. The summed E-state index contributed by atoms with van der Waals surface area (Å²) in [5.74, 6) is 2.67. The third-order valence-corrected chi connectivity index (χ3v) is 6.25. The number of ether oxygens (including phenoxy) is 1. The van der Waals surface area contributed by atoms with Crippen molar-refractivity contribution in [3.05, 3.63) is 41.6 Å². The number of nitrogens with one attached hydrogen (secondary N) is 1. The Kier molecular flexibility index (Phi) is 6.89. The van der Waals surface area contributed by atoms with E-state index in [1.807, 2.05) is 42.2 Å². The molecule has 1 aliphatic carbocycles. The van der Waals surface area contributed by atoms with Gasteiger partial charge in [0.05, 0.1) is 13.5 Å². The molecule has 1 aromatic carbocycles. The monoisotopic (exact) mass is 423 g/mol. The zero-order valence-corrected chi connectivity index (χ0v) is 18.6. The topological polar surface area (TPSA) is 70.6 Å². The second-order valence-electron chi connectivity index (χ2n) is 8.56. The van der Waals surface area contributed by atoms with Gasteiger partial charge in [0, 0.05) is 44.0 Å². The molecule has 2 aliphatic rings. The number of aromatic nitrogens is 2. The van der Waals surface area contributed by atoms with E-state index in [-0.39, 0.29) is 5.91 Å². The molecular weight excluding hydrogens is 390 g/mol. The number of amides is 1. The number of carbonyl (C=O) groups excluding carboxylic acids is 1. The fourth-order valence-corrected chi connectivity index (χ4v) is 4.42. The number of benzene rings is 1. The fourth-order valence-electron chi connectivity index (χ4n) is 4.42. The fraction of sp³-hybridized carbons (Fsp3) is 0.542. The summed E-state index contributed by atoms with van der Waals surface area (Å²) in [7, 11) is 1.65. The molecule has 0 spiro atoms. The minimum Gasteiger partial charge on any atom is -0.497 e. The summed E-state index contributed by atoms with van der Waals surface area (Å²) in [4.78, 5) is 26.3. The molecule has 1 N–H and O–H groups in total. The number of nitrogens with zero attached hydrogens (tertiary/aromatic N) is 4. The van der Waals surface area contributed by atoms with Gasteiger partial charge in [-0.2, -0.15) is 4.98 Å². The number of piperazine rings is 1. The number of aryl methyl sites for hydroxylation is 1. The van der Waals surface area contributed by atoms with Crippen molar-refractivity contribution in [3.63, 3.8) is 0 Å². The molecule has 1 aliphatic heterocycles. The first kappa shape index (κ1) is 21.4. The van der Waals surface area contributed by atoms with Crippen LogP contribution in [0.15, 0.2) is 30.3 Å². The van der Waals surface area contributed by atoms with Crippen molar-refractivity contribution in [3.8, 4) is 5.75 Å². The van der Waals surface area contributed by atoms with Gasteiger partial charge in [-0.1, -0.05) is 31.4 Å². The number of hydrogen-bond acceptors (Lipinski definition) is 6. The molecule has 2 fully saturated rings. The van der Waals surface area contributed by atoms with E-state index in [0.29, 0.717) is 25.6 Å². The first-order valence-electron chi connectivity index (χ1n) is 11.4. The molecule has 1 saturated carbocycles. The van der Waals surface area contributed by atoms with Gasteiger partial charge in [-0.3, -0.25) is 4.79 Å². The Morgan fingerprint density at radius 2 is 1.77 bits per heavy atom. The van der Waals surface area contributed by atoms with Crippen LogP contribution in [0, 0.1) is 6.92 Å². The highest BCUT2D eigenvalue weighted by molar-refractivity contribution is 5.79. The highest BCUT2D eigenvalue weighted by atomic mass is 16.5. The van der Waals surface area contributed by atoms with Gasteiger partial charge in [-0.15, -0.1) is 0 Å². The van der Waals surface area contributed by atoms with Crippen molar-refractivity contribution in [2.24, 2.45) is 0 Å². The smallest absolute Gasteiger partial charge is 0.227 e. The second kappa shape index (κ2) is 9.98. The third kappa shape index (κ3) is 5.66. The zero-order valence-electron chi connectivity index (χ0n) is 18.6. The number of methoxy groups -OCH3 is 1. The molecule has 2 aromatic rings. The summed E-state index contributed by atoms with van der Waals surface area (Å²) in [6, 6.07) is 10.2. The number of rotatable bonds is 6. The van der Waals surface area contributed by atoms with E-state index in [2.05, 4.69) is 15.2 Å². The second-order valence-corrected chi connectivity index (χ2v) is 8.56. The van der Waals surface area contributed by atoms with Crippen LogP contribution in [0.4, 0.5) is 11.8 Å².